The molecule has 2 heterocycles. The Kier molecular flexibility index (Phi) is 5.27. The summed E-state index contributed by atoms with van der Waals surface area (Å²) in [4.78, 5) is 36.4. The lowest BCUT2D eigenvalue weighted by atomic mass is 9.92. The number of urea groups is 1. The molecule has 10 heteroatoms. The van der Waals surface area contributed by atoms with Crippen LogP contribution in [-0.2, 0) is 23.9 Å². The number of rotatable bonds is 6. The SMILES string of the molecule is Cn1ccc(CNc2ccc(C(=O)Nc3cccc(C4(C)NC(=O)NC4=O)c3)c(O)c2)n1. The quantitative estimate of drug-likeness (QED) is 0.377. The third-order valence-corrected chi connectivity index (χ3v) is 5.23. The van der Waals surface area contributed by atoms with Gasteiger partial charge in [-0.05, 0) is 42.8 Å². The van der Waals surface area contributed by atoms with Crippen LogP contribution in [0.15, 0.2) is 54.7 Å². The molecule has 0 bridgehead atoms. The number of carbonyl (C=O) groups is 3. The van der Waals surface area contributed by atoms with Gasteiger partial charge in [0.2, 0.25) is 0 Å². The van der Waals surface area contributed by atoms with Crippen molar-refractivity contribution < 1.29 is 19.5 Å². The minimum atomic E-state index is -1.24. The minimum Gasteiger partial charge on any atom is -0.507 e. The Bertz CT molecular complexity index is 1220. The van der Waals surface area contributed by atoms with E-state index >= 15 is 0 Å². The number of benzene rings is 2. The van der Waals surface area contributed by atoms with Crippen molar-refractivity contribution in [1.29, 1.82) is 0 Å². The molecular formula is C22H22N6O4. The Balaban J connectivity index is 1.46. The van der Waals surface area contributed by atoms with Crippen molar-refractivity contribution in [2.24, 2.45) is 7.05 Å². The number of phenolic OH excluding ortho intramolecular Hbond substituents is 1. The minimum absolute atomic E-state index is 0.0944. The summed E-state index contributed by atoms with van der Waals surface area (Å²) in [5.41, 5.74) is 1.27. The maximum atomic E-state index is 12.7. The lowest BCUT2D eigenvalue weighted by molar-refractivity contribution is -0.123. The van der Waals surface area contributed by atoms with Gasteiger partial charge in [-0.2, -0.15) is 5.10 Å². The van der Waals surface area contributed by atoms with E-state index in [1.54, 1.807) is 41.9 Å². The average molecular weight is 434 g/mol. The van der Waals surface area contributed by atoms with Gasteiger partial charge < -0.3 is 21.1 Å². The predicted molar refractivity (Wildman–Crippen MR) is 117 cm³/mol. The molecule has 0 aliphatic carbocycles. The number of anilines is 2. The van der Waals surface area contributed by atoms with E-state index in [4.69, 9.17) is 0 Å². The lowest BCUT2D eigenvalue weighted by Gasteiger charge is -2.21. The van der Waals surface area contributed by atoms with Crippen molar-refractivity contribution in [3.8, 4) is 5.75 Å². The van der Waals surface area contributed by atoms with Gasteiger partial charge in [-0.3, -0.25) is 19.6 Å². The predicted octanol–water partition coefficient (Wildman–Crippen LogP) is 2.04. The molecule has 2 aromatic carbocycles. The van der Waals surface area contributed by atoms with Crippen molar-refractivity contribution in [2.75, 3.05) is 10.6 Å². The molecule has 0 saturated carbocycles. The monoisotopic (exact) mass is 434 g/mol. The average Bonchev–Trinajstić information content (AvgIpc) is 3.28. The zero-order valence-corrected chi connectivity index (χ0v) is 17.5. The van der Waals surface area contributed by atoms with Crippen LogP contribution in [0.3, 0.4) is 0 Å². The van der Waals surface area contributed by atoms with E-state index in [1.807, 2.05) is 19.3 Å². The molecule has 1 aliphatic rings. The normalized spacial score (nSPS) is 17.6. The van der Waals surface area contributed by atoms with Gasteiger partial charge in [0, 0.05) is 30.7 Å². The first-order valence-corrected chi connectivity index (χ1v) is 9.85. The summed E-state index contributed by atoms with van der Waals surface area (Å²) in [6, 6.07) is 12.6. The van der Waals surface area contributed by atoms with Gasteiger partial charge in [-0.15, -0.1) is 0 Å². The van der Waals surface area contributed by atoms with Crippen LogP contribution in [0.5, 0.6) is 5.75 Å². The molecule has 1 saturated heterocycles. The highest BCUT2D eigenvalue weighted by atomic mass is 16.3. The van der Waals surface area contributed by atoms with Crippen LogP contribution in [0.1, 0.15) is 28.5 Å². The highest BCUT2D eigenvalue weighted by Crippen LogP contribution is 2.28. The number of aryl methyl sites for hydroxylation is 1. The molecule has 1 atom stereocenters. The molecule has 1 aromatic heterocycles. The first kappa shape index (κ1) is 20.9. The van der Waals surface area contributed by atoms with Crippen molar-refractivity contribution in [3.63, 3.8) is 0 Å². The lowest BCUT2D eigenvalue weighted by Crippen LogP contribution is -2.40. The molecule has 32 heavy (non-hydrogen) atoms. The fourth-order valence-corrected chi connectivity index (χ4v) is 3.44. The van der Waals surface area contributed by atoms with E-state index < -0.39 is 23.4 Å². The van der Waals surface area contributed by atoms with Crippen LogP contribution in [0.25, 0.3) is 0 Å². The molecular weight excluding hydrogens is 412 g/mol. The number of aromatic nitrogens is 2. The number of carbonyl (C=O) groups excluding carboxylic acids is 3. The summed E-state index contributed by atoms with van der Waals surface area (Å²) in [5, 5.41) is 25.3. The third kappa shape index (κ3) is 4.10. The number of amides is 4. The maximum Gasteiger partial charge on any atom is 0.322 e. The van der Waals surface area contributed by atoms with E-state index in [9.17, 15) is 19.5 Å². The van der Waals surface area contributed by atoms with E-state index in [0.29, 0.717) is 23.5 Å². The standard InChI is InChI=1S/C22H22N6O4/c1-22(20(31)25-21(32)26-22)13-4-3-5-15(10-13)24-19(30)17-7-6-14(11-18(17)29)23-12-16-8-9-28(2)27-16/h3-11,23,29H,12H2,1-2H3,(H,24,30)(H2,25,26,31,32). The van der Waals surface area contributed by atoms with Crippen molar-refractivity contribution in [2.45, 2.75) is 19.0 Å². The Hall–Kier alpha value is -4.34. The number of aromatic hydroxyl groups is 1. The molecule has 5 N–H and O–H groups in total. The largest absolute Gasteiger partial charge is 0.507 e. The maximum absolute atomic E-state index is 12.7. The van der Waals surface area contributed by atoms with Gasteiger partial charge in [0.25, 0.3) is 11.8 Å². The highest BCUT2D eigenvalue weighted by Gasteiger charge is 2.43. The van der Waals surface area contributed by atoms with E-state index in [0.717, 1.165) is 5.69 Å². The zero-order chi connectivity index (χ0) is 22.9. The van der Waals surface area contributed by atoms with Crippen LogP contribution >= 0.6 is 0 Å². The highest BCUT2D eigenvalue weighted by molar-refractivity contribution is 6.08. The van der Waals surface area contributed by atoms with Crippen LogP contribution in [0, 0.1) is 0 Å². The number of nitrogens with zero attached hydrogens (tertiary/aromatic N) is 2. The van der Waals surface area contributed by atoms with Crippen molar-refractivity contribution >= 4 is 29.2 Å². The number of imide groups is 1. The number of hydrogen-bond acceptors (Lipinski definition) is 6. The molecule has 0 spiro atoms. The molecule has 0 radical (unpaired) electrons. The van der Waals surface area contributed by atoms with Gasteiger partial charge in [0.15, 0.2) is 0 Å². The van der Waals surface area contributed by atoms with E-state index in [1.165, 1.54) is 12.1 Å². The smallest absolute Gasteiger partial charge is 0.322 e. The number of phenols is 1. The second-order valence-electron chi connectivity index (χ2n) is 7.63. The second-order valence-corrected chi connectivity index (χ2v) is 7.63. The van der Waals surface area contributed by atoms with E-state index in [2.05, 4.69) is 26.4 Å². The van der Waals surface area contributed by atoms with Crippen molar-refractivity contribution in [3.05, 3.63) is 71.5 Å². The Labute approximate surface area is 183 Å². The van der Waals surface area contributed by atoms with E-state index in [-0.39, 0.29) is 11.3 Å². The first-order valence-electron chi connectivity index (χ1n) is 9.85. The van der Waals surface area contributed by atoms with Crippen molar-refractivity contribution in [1.82, 2.24) is 20.4 Å². The van der Waals surface area contributed by atoms with Gasteiger partial charge >= 0.3 is 6.03 Å². The zero-order valence-electron chi connectivity index (χ0n) is 17.5. The molecule has 10 nitrogen and oxygen atoms in total. The topological polar surface area (TPSA) is 137 Å². The molecule has 4 amide bonds. The molecule has 3 aromatic rings. The molecule has 164 valence electrons. The van der Waals surface area contributed by atoms with Crippen LogP contribution < -0.4 is 21.3 Å². The summed E-state index contributed by atoms with van der Waals surface area (Å²) >= 11 is 0. The fourth-order valence-electron chi connectivity index (χ4n) is 3.44. The summed E-state index contributed by atoms with van der Waals surface area (Å²) in [5.74, 6) is -1.17. The van der Waals surface area contributed by atoms with Gasteiger partial charge in [-0.1, -0.05) is 12.1 Å². The Morgan fingerprint density at radius 2 is 1.97 bits per heavy atom. The van der Waals surface area contributed by atoms with Gasteiger partial charge in [-0.25, -0.2) is 4.79 Å². The summed E-state index contributed by atoms with van der Waals surface area (Å²) < 4.78 is 1.70. The van der Waals surface area contributed by atoms with Gasteiger partial charge in [0.05, 0.1) is 17.8 Å². The molecule has 4 rings (SSSR count). The van der Waals surface area contributed by atoms with Crippen LogP contribution in [0.2, 0.25) is 0 Å². The first-order chi connectivity index (χ1) is 15.2. The number of nitrogens with one attached hydrogen (secondary N) is 4. The third-order valence-electron chi connectivity index (χ3n) is 5.23. The Morgan fingerprint density at radius 1 is 1.16 bits per heavy atom. The van der Waals surface area contributed by atoms with Gasteiger partial charge in [0.1, 0.15) is 11.3 Å². The summed E-state index contributed by atoms with van der Waals surface area (Å²) in [6.07, 6.45) is 1.84. The van der Waals surface area contributed by atoms with Crippen LogP contribution in [-0.4, -0.2) is 32.7 Å². The molecule has 1 aliphatic heterocycles. The summed E-state index contributed by atoms with van der Waals surface area (Å²) in [6.45, 7) is 2.05. The molecule has 1 fully saturated rings. The fraction of sp³-hybridized carbons (Fsp3) is 0.182. The second kappa shape index (κ2) is 8.06. The number of hydrogen-bond donors (Lipinski definition) is 5. The Morgan fingerprint density at radius 3 is 2.62 bits per heavy atom. The summed E-state index contributed by atoms with van der Waals surface area (Å²) in [7, 11) is 1.83. The van der Waals surface area contributed by atoms with Crippen LogP contribution in [0.4, 0.5) is 16.2 Å². The molecule has 1 unspecified atom stereocenters.